The first-order chi connectivity index (χ1) is 14.1. The van der Waals surface area contributed by atoms with E-state index in [1.165, 1.54) is 24.3 Å². The molecule has 4 aromatic rings. The molecule has 2 aromatic heterocycles. The monoisotopic (exact) mass is 421 g/mol. The third kappa shape index (κ3) is 3.51. The van der Waals surface area contributed by atoms with Crippen LogP contribution >= 0.6 is 0 Å². The molecule has 156 valence electrons. The van der Waals surface area contributed by atoms with Crippen molar-refractivity contribution in [3.63, 3.8) is 0 Å². The maximum atomic E-state index is 14.1. The lowest BCUT2D eigenvalue weighted by Crippen LogP contribution is -2.26. The molecule has 0 radical (unpaired) electrons. The summed E-state index contributed by atoms with van der Waals surface area (Å²) in [6.07, 6.45) is -4.57. The van der Waals surface area contributed by atoms with Crippen LogP contribution in [0, 0.1) is 18.6 Å². The summed E-state index contributed by atoms with van der Waals surface area (Å²) in [7, 11) is 0. The average molecular weight is 421 g/mol. The zero-order chi connectivity index (χ0) is 21.6. The number of hydrogen-bond donors (Lipinski definition) is 3. The van der Waals surface area contributed by atoms with Gasteiger partial charge in [-0.3, -0.25) is 4.79 Å². The van der Waals surface area contributed by atoms with E-state index in [2.05, 4.69) is 15.3 Å². The highest BCUT2D eigenvalue weighted by atomic mass is 19.4. The molecular formula is C21H16F5N3O. The number of rotatable bonds is 4. The van der Waals surface area contributed by atoms with E-state index in [9.17, 15) is 26.7 Å². The Morgan fingerprint density at radius 1 is 1.07 bits per heavy atom. The second kappa shape index (κ2) is 7.16. The molecule has 4 nitrogen and oxygen atoms in total. The van der Waals surface area contributed by atoms with Crippen molar-refractivity contribution in [3.8, 4) is 0 Å². The lowest BCUT2D eigenvalue weighted by molar-refractivity contribution is -0.136. The van der Waals surface area contributed by atoms with Crippen molar-refractivity contribution in [2.75, 3.05) is 6.54 Å². The smallest absolute Gasteiger partial charge is 0.356 e. The van der Waals surface area contributed by atoms with Crippen molar-refractivity contribution in [1.82, 2.24) is 15.3 Å². The summed E-state index contributed by atoms with van der Waals surface area (Å²) in [6, 6.07) is 7.04. The number of carbonyl (C=O) groups excluding carboxylic acids is 1. The highest BCUT2D eigenvalue weighted by Crippen LogP contribution is 2.38. The molecular weight excluding hydrogens is 405 g/mol. The number of H-pyrrole nitrogens is 2. The molecule has 2 aromatic carbocycles. The molecule has 0 fully saturated rings. The molecule has 3 N–H and O–H groups in total. The fourth-order valence-corrected chi connectivity index (χ4v) is 3.63. The van der Waals surface area contributed by atoms with Gasteiger partial charge in [-0.2, -0.15) is 13.2 Å². The van der Waals surface area contributed by atoms with E-state index in [1.54, 1.807) is 6.92 Å². The van der Waals surface area contributed by atoms with E-state index < -0.39 is 29.3 Å². The third-order valence-corrected chi connectivity index (χ3v) is 5.01. The number of fused-ring (bicyclic) bond motifs is 2. The van der Waals surface area contributed by atoms with Crippen LogP contribution in [0.1, 0.15) is 27.3 Å². The maximum absolute atomic E-state index is 14.1. The lowest BCUT2D eigenvalue weighted by Gasteiger charge is -2.11. The molecule has 0 aliphatic carbocycles. The Kier molecular flexibility index (Phi) is 4.76. The van der Waals surface area contributed by atoms with E-state index >= 15 is 0 Å². The minimum Gasteiger partial charge on any atom is -0.356 e. The summed E-state index contributed by atoms with van der Waals surface area (Å²) in [6.45, 7) is 1.59. The fraction of sp³-hybridized carbons (Fsp3) is 0.190. The van der Waals surface area contributed by atoms with Crippen molar-refractivity contribution in [2.45, 2.75) is 19.5 Å². The van der Waals surface area contributed by atoms with Gasteiger partial charge in [0, 0.05) is 28.5 Å². The molecule has 9 heteroatoms. The highest BCUT2D eigenvalue weighted by Gasteiger charge is 2.35. The summed E-state index contributed by atoms with van der Waals surface area (Å²) >= 11 is 0. The molecule has 0 saturated carbocycles. The van der Waals surface area contributed by atoms with Gasteiger partial charge in [-0.05, 0) is 55.3 Å². The molecule has 0 bridgehead atoms. The number of amides is 1. The average Bonchev–Trinajstić information content (AvgIpc) is 3.22. The van der Waals surface area contributed by atoms with E-state index in [0.717, 1.165) is 12.1 Å². The van der Waals surface area contributed by atoms with Crippen molar-refractivity contribution < 1.29 is 26.7 Å². The lowest BCUT2D eigenvalue weighted by atomic mass is 10.0. The van der Waals surface area contributed by atoms with Crippen LogP contribution < -0.4 is 5.32 Å². The second-order valence-electron chi connectivity index (χ2n) is 6.99. The summed E-state index contributed by atoms with van der Waals surface area (Å²) < 4.78 is 67.6. The van der Waals surface area contributed by atoms with Crippen molar-refractivity contribution in [1.29, 1.82) is 0 Å². The molecule has 2 heterocycles. The van der Waals surface area contributed by atoms with Gasteiger partial charge in [-0.1, -0.05) is 0 Å². The molecule has 0 aliphatic heterocycles. The largest absolute Gasteiger partial charge is 0.417 e. The zero-order valence-electron chi connectivity index (χ0n) is 15.7. The van der Waals surface area contributed by atoms with Crippen LogP contribution in [-0.2, 0) is 12.6 Å². The number of aromatic nitrogens is 2. The Balaban J connectivity index is 1.57. The molecule has 4 rings (SSSR count). The minimum atomic E-state index is -4.64. The number of benzene rings is 2. The first kappa shape index (κ1) is 19.9. The van der Waals surface area contributed by atoms with Gasteiger partial charge >= 0.3 is 6.18 Å². The number of nitrogens with one attached hydrogen (secondary N) is 3. The topological polar surface area (TPSA) is 60.7 Å². The van der Waals surface area contributed by atoms with Gasteiger partial charge in [-0.15, -0.1) is 0 Å². The fourth-order valence-electron chi connectivity index (χ4n) is 3.63. The summed E-state index contributed by atoms with van der Waals surface area (Å²) in [5.74, 6) is -1.69. The normalized spacial score (nSPS) is 12.1. The van der Waals surface area contributed by atoms with Crippen molar-refractivity contribution in [3.05, 3.63) is 70.5 Å². The van der Waals surface area contributed by atoms with Gasteiger partial charge < -0.3 is 15.3 Å². The van der Waals surface area contributed by atoms with Crippen LogP contribution in [0.15, 0.2) is 36.4 Å². The van der Waals surface area contributed by atoms with Crippen molar-refractivity contribution >= 4 is 27.7 Å². The molecule has 0 atom stereocenters. The van der Waals surface area contributed by atoms with Crippen molar-refractivity contribution in [2.24, 2.45) is 0 Å². The molecule has 0 saturated heterocycles. The number of hydrogen-bond acceptors (Lipinski definition) is 1. The summed E-state index contributed by atoms with van der Waals surface area (Å²) in [5.41, 5.74) is 0.336. The maximum Gasteiger partial charge on any atom is 0.417 e. The number of halogens is 5. The summed E-state index contributed by atoms with van der Waals surface area (Å²) in [4.78, 5) is 17.9. The van der Waals surface area contributed by atoms with Gasteiger partial charge in [0.05, 0.1) is 11.1 Å². The van der Waals surface area contributed by atoms with E-state index in [1.807, 2.05) is 0 Å². The summed E-state index contributed by atoms with van der Waals surface area (Å²) in [5, 5.41) is 2.92. The molecule has 0 unspecified atom stereocenters. The number of aromatic amines is 2. The van der Waals surface area contributed by atoms with Gasteiger partial charge in [0.15, 0.2) is 0 Å². The highest BCUT2D eigenvalue weighted by molar-refractivity contribution is 5.98. The molecule has 1 amide bonds. The third-order valence-electron chi connectivity index (χ3n) is 5.01. The van der Waals surface area contributed by atoms with Crippen LogP contribution in [0.2, 0.25) is 0 Å². The van der Waals surface area contributed by atoms with E-state index in [4.69, 9.17) is 0 Å². The Labute approximate surface area is 167 Å². The van der Waals surface area contributed by atoms with Crippen LogP contribution in [0.3, 0.4) is 0 Å². The van der Waals surface area contributed by atoms with E-state index in [-0.39, 0.29) is 35.1 Å². The number of aryl methyl sites for hydroxylation is 1. The van der Waals surface area contributed by atoms with E-state index in [0.29, 0.717) is 16.6 Å². The Hall–Kier alpha value is -3.36. The minimum absolute atomic E-state index is 0.0319. The van der Waals surface area contributed by atoms with Crippen LogP contribution in [0.4, 0.5) is 22.0 Å². The number of carbonyl (C=O) groups is 1. The van der Waals surface area contributed by atoms with Gasteiger partial charge in [-0.25, -0.2) is 8.78 Å². The molecule has 30 heavy (non-hydrogen) atoms. The zero-order valence-corrected chi connectivity index (χ0v) is 15.7. The first-order valence-corrected chi connectivity index (χ1v) is 9.08. The molecule has 0 aliphatic rings. The SMILES string of the molecule is Cc1[nH]c2c(F)ccc(C(F)(F)F)c2c1CCNC(=O)c1cc2cc(F)ccc2[nH]1. The Morgan fingerprint density at radius 3 is 2.57 bits per heavy atom. The van der Waals surface area contributed by atoms with Gasteiger partial charge in [0.2, 0.25) is 0 Å². The predicted molar refractivity (Wildman–Crippen MR) is 102 cm³/mol. The van der Waals surface area contributed by atoms with Crippen LogP contribution in [-0.4, -0.2) is 22.4 Å². The Morgan fingerprint density at radius 2 is 1.83 bits per heavy atom. The van der Waals surface area contributed by atoms with Gasteiger partial charge in [0.25, 0.3) is 5.91 Å². The first-order valence-electron chi connectivity index (χ1n) is 9.08. The quantitative estimate of drug-likeness (QED) is 0.389. The van der Waals surface area contributed by atoms with Gasteiger partial charge in [0.1, 0.15) is 17.3 Å². The Bertz CT molecular complexity index is 1270. The predicted octanol–water partition coefficient (Wildman–Crippen LogP) is 5.23. The number of alkyl halides is 3. The standard InChI is InChI=1S/C21H16F5N3O/c1-10-13(18-14(21(24,25)26)3-4-15(23)19(18)28-10)6-7-27-20(30)17-9-11-8-12(22)2-5-16(11)29-17/h2-5,8-9,28-29H,6-7H2,1H3,(H,27,30). The van der Waals surface area contributed by atoms with Crippen LogP contribution in [0.5, 0.6) is 0 Å². The second-order valence-corrected chi connectivity index (χ2v) is 6.99. The van der Waals surface area contributed by atoms with Crippen LogP contribution in [0.25, 0.3) is 21.8 Å². The molecule has 0 spiro atoms.